The van der Waals surface area contributed by atoms with Crippen LogP contribution in [0, 0.1) is 5.41 Å². The molecule has 0 aromatic carbocycles. The lowest BCUT2D eigenvalue weighted by atomic mass is 9.99. The summed E-state index contributed by atoms with van der Waals surface area (Å²) in [5.74, 6) is -0.722. The van der Waals surface area contributed by atoms with Crippen LogP contribution in [0.25, 0.3) is 0 Å². The first kappa shape index (κ1) is 10.6. The molecule has 0 atom stereocenters. The van der Waals surface area contributed by atoms with Crippen LogP contribution in [0.4, 0.5) is 0 Å². The summed E-state index contributed by atoms with van der Waals surface area (Å²) in [6.45, 7) is 6.57. The number of hydrogen-bond donors (Lipinski definition) is 2. The van der Waals surface area contributed by atoms with E-state index < -0.39 is 5.97 Å². The molecule has 5 nitrogen and oxygen atoms in total. The number of nitrogens with zero attached hydrogens (tertiary/aromatic N) is 1. The molecule has 1 aromatic rings. The van der Waals surface area contributed by atoms with E-state index in [4.69, 9.17) is 9.84 Å². The topological polar surface area (TPSA) is 75.2 Å². The fraction of sp³-hybridized carbons (Fsp3) is 0.556. The average Bonchev–Trinajstić information content (AvgIpc) is 2.47. The predicted octanol–water partition coefficient (Wildman–Crippen LogP) is 1.53. The van der Waals surface area contributed by atoms with Crippen molar-refractivity contribution in [2.24, 2.45) is 5.41 Å². The molecule has 1 rings (SSSR count). The van der Waals surface area contributed by atoms with Crippen LogP contribution in [0.1, 0.15) is 31.3 Å². The van der Waals surface area contributed by atoms with Crippen LogP contribution >= 0.6 is 0 Å². The van der Waals surface area contributed by atoms with Gasteiger partial charge in [0, 0.05) is 6.07 Å². The molecule has 14 heavy (non-hydrogen) atoms. The number of carboxylic acid groups (broad SMARTS) is 1. The smallest absolute Gasteiger partial charge is 0.354 e. The number of aromatic amines is 1. The number of nitrogens with one attached hydrogen (secondary N) is 1. The molecule has 0 saturated carbocycles. The maximum absolute atomic E-state index is 10.5. The molecule has 5 heteroatoms. The van der Waals surface area contributed by atoms with Gasteiger partial charge in [-0.3, -0.25) is 5.10 Å². The summed E-state index contributed by atoms with van der Waals surface area (Å²) in [5.41, 5.74) is 0.0661. The van der Waals surface area contributed by atoms with E-state index in [9.17, 15) is 4.79 Å². The van der Waals surface area contributed by atoms with Crippen LogP contribution in [0.2, 0.25) is 0 Å². The van der Waals surface area contributed by atoms with Gasteiger partial charge in [-0.1, -0.05) is 20.8 Å². The van der Waals surface area contributed by atoms with E-state index in [1.165, 1.54) is 6.07 Å². The molecular weight excluding hydrogens is 184 g/mol. The summed E-state index contributed by atoms with van der Waals surface area (Å²) in [6.07, 6.45) is 0. The Hall–Kier alpha value is -1.52. The number of aromatic carboxylic acids is 1. The molecule has 1 aromatic heterocycles. The van der Waals surface area contributed by atoms with Gasteiger partial charge in [0.1, 0.15) is 5.69 Å². The second kappa shape index (κ2) is 3.69. The Bertz CT molecular complexity index is 325. The molecule has 0 aliphatic rings. The van der Waals surface area contributed by atoms with E-state index in [0.717, 1.165) is 0 Å². The molecule has 0 spiro atoms. The van der Waals surface area contributed by atoms with E-state index in [0.29, 0.717) is 12.5 Å². The number of hydrogen-bond acceptors (Lipinski definition) is 3. The van der Waals surface area contributed by atoms with Gasteiger partial charge in [0.15, 0.2) is 0 Å². The highest BCUT2D eigenvalue weighted by atomic mass is 16.5. The molecule has 2 N–H and O–H groups in total. The van der Waals surface area contributed by atoms with Gasteiger partial charge in [-0.2, -0.15) is 0 Å². The molecular formula is C9H14N2O3. The fourth-order valence-corrected chi connectivity index (χ4v) is 0.777. The van der Waals surface area contributed by atoms with Gasteiger partial charge in [0.25, 0.3) is 0 Å². The maximum Gasteiger partial charge on any atom is 0.354 e. The van der Waals surface area contributed by atoms with Gasteiger partial charge in [-0.05, 0) is 5.41 Å². The van der Waals surface area contributed by atoms with Gasteiger partial charge in [0.05, 0.1) is 6.61 Å². The monoisotopic (exact) mass is 198 g/mol. The van der Waals surface area contributed by atoms with E-state index >= 15 is 0 Å². The summed E-state index contributed by atoms with van der Waals surface area (Å²) < 4.78 is 5.30. The van der Waals surface area contributed by atoms with Crippen molar-refractivity contribution in [3.8, 4) is 5.88 Å². The standard InChI is InChI=1S/C9H14N2O3/c1-9(2,3)5-14-7-4-6(8(12)13)10-11-7/h4H,5H2,1-3H3,(H,10,11)(H,12,13). The third-order valence-electron chi connectivity index (χ3n) is 1.44. The van der Waals surface area contributed by atoms with Crippen LogP contribution in [0.3, 0.4) is 0 Å². The lowest BCUT2D eigenvalue weighted by Gasteiger charge is -2.17. The highest BCUT2D eigenvalue weighted by Crippen LogP contribution is 2.16. The number of rotatable bonds is 3. The van der Waals surface area contributed by atoms with Crippen molar-refractivity contribution in [3.05, 3.63) is 11.8 Å². The van der Waals surface area contributed by atoms with Crippen LogP contribution in [-0.4, -0.2) is 27.9 Å². The Morgan fingerprint density at radius 3 is 2.71 bits per heavy atom. The number of carbonyl (C=O) groups is 1. The van der Waals surface area contributed by atoms with Crippen LogP contribution in [-0.2, 0) is 0 Å². The summed E-state index contributed by atoms with van der Waals surface area (Å²) in [5, 5.41) is 14.7. The molecule has 1 heterocycles. The second-order valence-electron chi connectivity index (χ2n) is 4.27. The van der Waals surface area contributed by atoms with Crippen LogP contribution in [0.15, 0.2) is 6.07 Å². The Kier molecular flexibility index (Phi) is 2.78. The van der Waals surface area contributed by atoms with Crippen molar-refractivity contribution in [2.45, 2.75) is 20.8 Å². The Labute approximate surface area is 82.1 Å². The minimum atomic E-state index is -1.04. The highest BCUT2D eigenvalue weighted by molar-refractivity contribution is 5.85. The molecule has 0 aliphatic carbocycles. The van der Waals surface area contributed by atoms with Crippen molar-refractivity contribution in [2.75, 3.05) is 6.61 Å². The van der Waals surface area contributed by atoms with Crippen LogP contribution in [0.5, 0.6) is 5.88 Å². The first-order chi connectivity index (χ1) is 6.38. The average molecular weight is 198 g/mol. The van der Waals surface area contributed by atoms with E-state index in [2.05, 4.69) is 10.2 Å². The largest absolute Gasteiger partial charge is 0.477 e. The maximum atomic E-state index is 10.5. The number of carboxylic acids is 1. The van der Waals surface area contributed by atoms with Gasteiger partial charge in [0.2, 0.25) is 5.88 Å². The normalized spacial score (nSPS) is 11.4. The highest BCUT2D eigenvalue weighted by Gasteiger charge is 2.13. The molecule has 0 bridgehead atoms. The van der Waals surface area contributed by atoms with Gasteiger partial charge < -0.3 is 9.84 Å². The summed E-state index contributed by atoms with van der Waals surface area (Å²) in [7, 11) is 0. The zero-order valence-corrected chi connectivity index (χ0v) is 8.50. The second-order valence-corrected chi connectivity index (χ2v) is 4.27. The number of H-pyrrole nitrogens is 1. The Morgan fingerprint density at radius 2 is 2.29 bits per heavy atom. The minimum Gasteiger partial charge on any atom is -0.477 e. The lowest BCUT2D eigenvalue weighted by Crippen LogP contribution is -2.16. The lowest BCUT2D eigenvalue weighted by molar-refractivity contribution is 0.0690. The Morgan fingerprint density at radius 1 is 1.64 bits per heavy atom. The summed E-state index contributed by atoms with van der Waals surface area (Å²) in [4.78, 5) is 10.5. The van der Waals surface area contributed by atoms with Crippen molar-refractivity contribution < 1.29 is 14.6 Å². The Balaban J connectivity index is 2.56. The molecule has 0 unspecified atom stereocenters. The summed E-state index contributed by atoms with van der Waals surface area (Å²) >= 11 is 0. The fourth-order valence-electron chi connectivity index (χ4n) is 0.777. The van der Waals surface area contributed by atoms with E-state index in [1.807, 2.05) is 20.8 Å². The minimum absolute atomic E-state index is 0.0301. The molecule has 0 aliphatic heterocycles. The van der Waals surface area contributed by atoms with E-state index in [1.54, 1.807) is 0 Å². The third-order valence-corrected chi connectivity index (χ3v) is 1.44. The molecule has 78 valence electrons. The van der Waals surface area contributed by atoms with Crippen molar-refractivity contribution in [3.63, 3.8) is 0 Å². The molecule has 0 amide bonds. The van der Waals surface area contributed by atoms with Gasteiger partial charge >= 0.3 is 5.97 Å². The summed E-state index contributed by atoms with van der Waals surface area (Å²) in [6, 6.07) is 1.37. The van der Waals surface area contributed by atoms with Gasteiger partial charge in [-0.15, -0.1) is 5.10 Å². The molecule has 0 fully saturated rings. The van der Waals surface area contributed by atoms with Crippen molar-refractivity contribution >= 4 is 5.97 Å². The van der Waals surface area contributed by atoms with Crippen molar-refractivity contribution in [1.29, 1.82) is 0 Å². The molecule has 0 radical (unpaired) electrons. The SMILES string of the molecule is CC(C)(C)COc1cc(C(=O)O)[nH]n1. The number of aromatic nitrogens is 2. The van der Waals surface area contributed by atoms with E-state index in [-0.39, 0.29) is 11.1 Å². The van der Waals surface area contributed by atoms with Crippen molar-refractivity contribution in [1.82, 2.24) is 10.2 Å². The number of ether oxygens (including phenoxy) is 1. The third kappa shape index (κ3) is 3.08. The van der Waals surface area contributed by atoms with Gasteiger partial charge in [-0.25, -0.2) is 4.79 Å². The zero-order valence-electron chi connectivity index (χ0n) is 8.50. The zero-order chi connectivity index (χ0) is 10.8. The first-order valence-corrected chi connectivity index (χ1v) is 4.30. The quantitative estimate of drug-likeness (QED) is 0.772. The first-order valence-electron chi connectivity index (χ1n) is 4.30. The molecule has 0 saturated heterocycles. The van der Waals surface area contributed by atoms with Crippen LogP contribution < -0.4 is 4.74 Å². The predicted molar refractivity (Wildman–Crippen MR) is 50.5 cm³/mol.